The number of hydrogen-bond donors (Lipinski definition) is 3. The minimum Gasteiger partial charge on any atom is -0.341 e. The summed E-state index contributed by atoms with van der Waals surface area (Å²) in [4.78, 5) is 26.9. The first-order valence-electron chi connectivity index (χ1n) is 11.6. The minimum atomic E-state index is -3.82. The van der Waals surface area contributed by atoms with E-state index < -0.39 is 10.0 Å². The van der Waals surface area contributed by atoms with Crippen LogP contribution in [-0.4, -0.2) is 57.9 Å². The maximum atomic E-state index is 13.3. The number of carbonyl (C=O) groups is 2. The molecule has 0 bridgehead atoms. The van der Waals surface area contributed by atoms with Crippen molar-refractivity contribution in [2.24, 2.45) is 0 Å². The third-order valence-corrected chi connectivity index (χ3v) is 7.89. The molecule has 0 radical (unpaired) electrons. The third kappa shape index (κ3) is 5.53. The predicted octanol–water partition coefficient (Wildman–Crippen LogP) is 2.89. The molecule has 1 saturated heterocycles. The van der Waals surface area contributed by atoms with Gasteiger partial charge in [-0.25, -0.2) is 13.1 Å². The van der Waals surface area contributed by atoms with Gasteiger partial charge in [-0.15, -0.1) is 0 Å². The molecule has 1 aliphatic heterocycles. The summed E-state index contributed by atoms with van der Waals surface area (Å²) in [5.74, 6) is -0.232. The van der Waals surface area contributed by atoms with Gasteiger partial charge in [0, 0.05) is 41.2 Å². The fourth-order valence-corrected chi connectivity index (χ4v) is 5.94. The molecule has 4 rings (SSSR count). The van der Waals surface area contributed by atoms with E-state index in [4.69, 9.17) is 0 Å². The number of aryl methyl sites for hydroxylation is 1. The number of hydrogen-bond acceptors (Lipinski definition) is 5. The zero-order chi connectivity index (χ0) is 25.0. The Balaban J connectivity index is 1.55. The van der Waals surface area contributed by atoms with Crippen molar-refractivity contribution in [2.45, 2.75) is 30.7 Å². The number of piperidine rings is 1. The van der Waals surface area contributed by atoms with Crippen LogP contribution < -0.4 is 15.4 Å². The summed E-state index contributed by atoms with van der Waals surface area (Å²) in [7, 11) is -2.09. The molecule has 1 fully saturated rings. The van der Waals surface area contributed by atoms with E-state index in [0.29, 0.717) is 48.0 Å². The molecule has 0 spiro atoms. The topological polar surface area (TPSA) is 108 Å². The monoisotopic (exact) mass is 494 g/mol. The largest absolute Gasteiger partial charge is 0.341 e. The second-order valence-corrected chi connectivity index (χ2v) is 10.4. The van der Waals surface area contributed by atoms with Gasteiger partial charge in [0.05, 0.1) is 11.4 Å². The number of carbonyl (C=O) groups excluding carboxylic acids is 2. The lowest BCUT2D eigenvalue weighted by Gasteiger charge is -2.32. The zero-order valence-electron chi connectivity index (χ0n) is 19.9. The Morgan fingerprint density at radius 1 is 0.943 bits per heavy atom. The fraction of sp³-hybridized carbons (Fsp3) is 0.308. The standard InChI is InChI=1S/C26H30N4O4S/c1-18-7-3-4-8-20(18)26(32)28-23-11-12-24(22-10-6-5-9-21(22)23)35(33,34)29-19-13-15-30(16-14-19)25(31)17-27-2/h3-12,19,27,29H,13-17H2,1-2H3,(H,28,32). The van der Waals surface area contributed by atoms with Gasteiger partial charge in [0.15, 0.2) is 0 Å². The smallest absolute Gasteiger partial charge is 0.255 e. The van der Waals surface area contributed by atoms with Crippen molar-refractivity contribution in [3.63, 3.8) is 0 Å². The first-order valence-corrected chi connectivity index (χ1v) is 13.1. The highest BCUT2D eigenvalue weighted by Gasteiger charge is 2.27. The number of benzene rings is 3. The van der Waals surface area contributed by atoms with E-state index in [-0.39, 0.29) is 29.3 Å². The number of anilines is 1. The molecular weight excluding hydrogens is 464 g/mol. The quantitative estimate of drug-likeness (QED) is 0.468. The van der Waals surface area contributed by atoms with Crippen molar-refractivity contribution in [3.05, 3.63) is 71.8 Å². The van der Waals surface area contributed by atoms with Crippen LogP contribution in [0.4, 0.5) is 5.69 Å². The molecule has 3 aromatic rings. The van der Waals surface area contributed by atoms with Crippen LogP contribution in [0.3, 0.4) is 0 Å². The number of likely N-dealkylation sites (N-methyl/N-ethyl adjacent to an activating group) is 1. The molecule has 8 nitrogen and oxygen atoms in total. The van der Waals surface area contributed by atoms with Crippen LogP contribution in [0.2, 0.25) is 0 Å². The van der Waals surface area contributed by atoms with Crippen LogP contribution in [0.1, 0.15) is 28.8 Å². The summed E-state index contributed by atoms with van der Waals surface area (Å²) in [6, 6.07) is 17.4. The molecule has 0 aliphatic carbocycles. The van der Waals surface area contributed by atoms with E-state index >= 15 is 0 Å². The van der Waals surface area contributed by atoms with Gasteiger partial charge >= 0.3 is 0 Å². The molecule has 3 aromatic carbocycles. The molecule has 0 atom stereocenters. The Hall–Kier alpha value is -3.27. The average molecular weight is 495 g/mol. The Bertz CT molecular complexity index is 1350. The van der Waals surface area contributed by atoms with Gasteiger partial charge in [-0.3, -0.25) is 9.59 Å². The molecule has 35 heavy (non-hydrogen) atoms. The van der Waals surface area contributed by atoms with E-state index in [2.05, 4.69) is 15.4 Å². The number of fused-ring (bicyclic) bond motifs is 1. The molecule has 2 amide bonds. The maximum Gasteiger partial charge on any atom is 0.255 e. The summed E-state index contributed by atoms with van der Waals surface area (Å²) in [5, 5.41) is 6.96. The number of nitrogens with zero attached hydrogens (tertiary/aromatic N) is 1. The Kier molecular flexibility index (Phi) is 7.49. The number of rotatable bonds is 7. The highest BCUT2D eigenvalue weighted by atomic mass is 32.2. The fourth-order valence-electron chi connectivity index (χ4n) is 4.42. The summed E-state index contributed by atoms with van der Waals surface area (Å²) in [6.45, 7) is 3.17. The van der Waals surface area contributed by atoms with Gasteiger partial charge in [-0.2, -0.15) is 0 Å². The average Bonchev–Trinajstić information content (AvgIpc) is 2.84. The van der Waals surface area contributed by atoms with Gasteiger partial charge in [0.2, 0.25) is 15.9 Å². The lowest BCUT2D eigenvalue weighted by Crippen LogP contribution is -2.48. The molecule has 1 heterocycles. The van der Waals surface area contributed by atoms with Crippen LogP contribution in [-0.2, 0) is 14.8 Å². The maximum absolute atomic E-state index is 13.3. The first-order chi connectivity index (χ1) is 16.8. The van der Waals surface area contributed by atoms with Gasteiger partial charge in [0.25, 0.3) is 5.91 Å². The van der Waals surface area contributed by atoms with E-state index in [0.717, 1.165) is 5.56 Å². The normalized spacial score (nSPS) is 14.7. The zero-order valence-corrected chi connectivity index (χ0v) is 20.7. The minimum absolute atomic E-state index is 0.0168. The Morgan fingerprint density at radius 2 is 1.60 bits per heavy atom. The SMILES string of the molecule is CNCC(=O)N1CCC(NS(=O)(=O)c2ccc(NC(=O)c3ccccc3C)c3ccccc23)CC1. The van der Waals surface area contributed by atoms with Crippen molar-refractivity contribution in [1.29, 1.82) is 0 Å². The van der Waals surface area contributed by atoms with Crippen molar-refractivity contribution >= 4 is 38.3 Å². The lowest BCUT2D eigenvalue weighted by molar-refractivity contribution is -0.131. The van der Waals surface area contributed by atoms with E-state index in [1.54, 1.807) is 42.3 Å². The van der Waals surface area contributed by atoms with Crippen LogP contribution in [0.5, 0.6) is 0 Å². The van der Waals surface area contributed by atoms with Crippen LogP contribution in [0, 0.1) is 6.92 Å². The molecule has 3 N–H and O–H groups in total. The molecule has 0 aromatic heterocycles. The third-order valence-electron chi connectivity index (χ3n) is 6.31. The van der Waals surface area contributed by atoms with E-state index in [1.807, 2.05) is 31.2 Å². The molecule has 1 aliphatic rings. The van der Waals surface area contributed by atoms with Gasteiger partial charge in [-0.05, 0) is 50.6 Å². The number of amides is 2. The van der Waals surface area contributed by atoms with E-state index in [9.17, 15) is 18.0 Å². The van der Waals surface area contributed by atoms with Crippen molar-refractivity contribution < 1.29 is 18.0 Å². The van der Waals surface area contributed by atoms with Crippen molar-refractivity contribution in [1.82, 2.24) is 14.9 Å². The highest BCUT2D eigenvalue weighted by Crippen LogP contribution is 2.30. The number of nitrogens with one attached hydrogen (secondary N) is 3. The predicted molar refractivity (Wildman–Crippen MR) is 137 cm³/mol. The number of sulfonamides is 1. The van der Waals surface area contributed by atoms with Gasteiger partial charge in [0.1, 0.15) is 0 Å². The molecule has 184 valence electrons. The lowest BCUT2D eigenvalue weighted by atomic mass is 10.1. The number of likely N-dealkylation sites (tertiary alicyclic amines) is 1. The molecular formula is C26H30N4O4S. The molecule has 0 saturated carbocycles. The van der Waals surface area contributed by atoms with Gasteiger partial charge in [-0.1, -0.05) is 42.5 Å². The van der Waals surface area contributed by atoms with Crippen molar-refractivity contribution in [2.75, 3.05) is 32.0 Å². The van der Waals surface area contributed by atoms with Crippen LogP contribution >= 0.6 is 0 Å². The first kappa shape index (κ1) is 24.8. The van der Waals surface area contributed by atoms with Gasteiger partial charge < -0.3 is 15.5 Å². The highest BCUT2D eigenvalue weighted by molar-refractivity contribution is 7.89. The van der Waals surface area contributed by atoms with E-state index in [1.165, 1.54) is 6.07 Å². The summed E-state index contributed by atoms with van der Waals surface area (Å²) >= 11 is 0. The summed E-state index contributed by atoms with van der Waals surface area (Å²) in [5.41, 5.74) is 1.97. The molecule has 9 heteroatoms. The van der Waals surface area contributed by atoms with Crippen LogP contribution in [0.15, 0.2) is 65.6 Å². The second kappa shape index (κ2) is 10.6. The van der Waals surface area contributed by atoms with Crippen LogP contribution in [0.25, 0.3) is 10.8 Å². The second-order valence-electron chi connectivity index (χ2n) is 8.73. The Labute approximate surface area is 205 Å². The van der Waals surface area contributed by atoms with Crippen molar-refractivity contribution in [3.8, 4) is 0 Å². The summed E-state index contributed by atoms with van der Waals surface area (Å²) < 4.78 is 29.5. The molecule has 0 unspecified atom stereocenters. The Morgan fingerprint density at radius 3 is 2.29 bits per heavy atom. The summed E-state index contributed by atoms with van der Waals surface area (Å²) in [6.07, 6.45) is 1.11.